The van der Waals surface area contributed by atoms with Crippen LogP contribution in [0.1, 0.15) is 24.6 Å². The number of benzene rings is 1. The van der Waals surface area contributed by atoms with Crippen LogP contribution in [0.25, 0.3) is 11.0 Å². The standard InChI is InChI=1S/C23H27N3O6S/c1-16-19(13-33(27)21-25-17-5-3-4-6-18(17)26-21)24-9-7-20(16)28-10-8-22(2)31-14-23(15-32-22)29-11-12-30-23/h3-7,9H,8,10-15H2,1-2H3,(H,25,26). The second-order valence-electron chi connectivity index (χ2n) is 8.35. The fraction of sp³-hybridized carbons (Fsp3) is 0.478. The summed E-state index contributed by atoms with van der Waals surface area (Å²) in [5, 5.41) is 0.441. The van der Waals surface area contributed by atoms with Crippen LogP contribution in [0, 0.1) is 6.92 Å². The monoisotopic (exact) mass is 473 g/mol. The molecule has 0 saturated carbocycles. The molecule has 1 aromatic carbocycles. The van der Waals surface area contributed by atoms with Crippen molar-refractivity contribution in [3.63, 3.8) is 0 Å². The molecule has 33 heavy (non-hydrogen) atoms. The molecule has 2 fully saturated rings. The van der Waals surface area contributed by atoms with E-state index in [0.717, 1.165) is 16.6 Å². The molecule has 4 heterocycles. The molecule has 0 bridgehead atoms. The van der Waals surface area contributed by atoms with E-state index in [1.54, 1.807) is 6.20 Å². The zero-order valence-electron chi connectivity index (χ0n) is 18.7. The van der Waals surface area contributed by atoms with Crippen LogP contribution in [-0.2, 0) is 35.9 Å². The van der Waals surface area contributed by atoms with E-state index in [2.05, 4.69) is 15.0 Å². The normalized spacial score (nSPS) is 20.3. The SMILES string of the molecule is Cc1c(OCCC2(C)OCC3(CO2)OCCO3)ccnc1C[S+]([O-])c1nc2ccccc2[nH]1. The van der Waals surface area contributed by atoms with Gasteiger partial charge in [0.15, 0.2) is 11.5 Å². The van der Waals surface area contributed by atoms with Crippen LogP contribution in [0.2, 0.25) is 0 Å². The van der Waals surface area contributed by atoms with Crippen LogP contribution >= 0.6 is 0 Å². The first-order valence-electron chi connectivity index (χ1n) is 10.9. The van der Waals surface area contributed by atoms with Crippen LogP contribution in [0.5, 0.6) is 5.75 Å². The third kappa shape index (κ3) is 4.86. The van der Waals surface area contributed by atoms with Gasteiger partial charge >= 0.3 is 5.16 Å². The summed E-state index contributed by atoms with van der Waals surface area (Å²) in [5.74, 6) is -0.603. The minimum Gasteiger partial charge on any atom is -0.609 e. The van der Waals surface area contributed by atoms with Gasteiger partial charge in [-0.3, -0.25) is 9.97 Å². The van der Waals surface area contributed by atoms with Crippen LogP contribution in [0.3, 0.4) is 0 Å². The predicted molar refractivity (Wildman–Crippen MR) is 120 cm³/mol. The van der Waals surface area contributed by atoms with Gasteiger partial charge in [0.05, 0.1) is 36.5 Å². The van der Waals surface area contributed by atoms with Gasteiger partial charge < -0.3 is 28.2 Å². The molecule has 1 atom stereocenters. The summed E-state index contributed by atoms with van der Waals surface area (Å²) in [6, 6.07) is 9.43. The van der Waals surface area contributed by atoms with E-state index < -0.39 is 22.8 Å². The highest BCUT2D eigenvalue weighted by molar-refractivity contribution is 7.90. The number of aromatic nitrogens is 3. The molecule has 1 spiro atoms. The summed E-state index contributed by atoms with van der Waals surface area (Å²) in [6.07, 6.45) is 2.20. The first-order valence-corrected chi connectivity index (χ1v) is 12.2. The lowest BCUT2D eigenvalue weighted by Crippen LogP contribution is -2.53. The highest BCUT2D eigenvalue weighted by atomic mass is 32.2. The Labute approximate surface area is 194 Å². The van der Waals surface area contributed by atoms with Crippen molar-refractivity contribution in [2.75, 3.05) is 33.0 Å². The van der Waals surface area contributed by atoms with E-state index in [0.29, 0.717) is 56.1 Å². The number of nitrogens with zero attached hydrogens (tertiary/aromatic N) is 2. The molecule has 0 aliphatic carbocycles. The number of hydrogen-bond acceptors (Lipinski definition) is 8. The Bertz CT molecular complexity index is 1070. The number of ether oxygens (including phenoxy) is 5. The molecule has 1 N–H and O–H groups in total. The molecule has 2 aliphatic heterocycles. The lowest BCUT2D eigenvalue weighted by molar-refractivity contribution is -0.358. The third-order valence-corrected chi connectivity index (χ3v) is 7.09. The fourth-order valence-corrected chi connectivity index (χ4v) is 4.95. The lowest BCUT2D eigenvalue weighted by atomic mass is 10.2. The van der Waals surface area contributed by atoms with Crippen molar-refractivity contribution in [2.45, 2.75) is 42.8 Å². The molecule has 0 radical (unpaired) electrons. The van der Waals surface area contributed by atoms with Gasteiger partial charge in [-0.25, -0.2) is 0 Å². The van der Waals surface area contributed by atoms with E-state index in [4.69, 9.17) is 23.7 Å². The van der Waals surface area contributed by atoms with Crippen LogP contribution in [0.15, 0.2) is 41.7 Å². The maximum Gasteiger partial charge on any atom is 0.322 e. The zero-order valence-corrected chi connectivity index (χ0v) is 19.5. The molecule has 2 saturated heterocycles. The van der Waals surface area contributed by atoms with E-state index in [9.17, 15) is 4.55 Å². The Morgan fingerprint density at radius 1 is 1.12 bits per heavy atom. The molecule has 2 aromatic heterocycles. The summed E-state index contributed by atoms with van der Waals surface area (Å²) in [7, 11) is 0. The Morgan fingerprint density at radius 2 is 1.88 bits per heavy atom. The van der Waals surface area contributed by atoms with Gasteiger partial charge in [0, 0.05) is 29.4 Å². The number of H-pyrrole nitrogens is 1. The number of hydrogen-bond donors (Lipinski definition) is 1. The average molecular weight is 474 g/mol. The van der Waals surface area contributed by atoms with Crippen molar-refractivity contribution < 1.29 is 28.2 Å². The lowest BCUT2D eigenvalue weighted by Gasteiger charge is -2.41. The van der Waals surface area contributed by atoms with Crippen molar-refractivity contribution in [1.82, 2.24) is 15.0 Å². The minimum atomic E-state index is -1.35. The van der Waals surface area contributed by atoms with Gasteiger partial charge in [-0.1, -0.05) is 12.1 Å². The van der Waals surface area contributed by atoms with Crippen molar-refractivity contribution in [3.8, 4) is 5.75 Å². The van der Waals surface area contributed by atoms with Gasteiger partial charge in [-0.15, -0.1) is 0 Å². The minimum absolute atomic E-state index is 0.245. The maximum atomic E-state index is 12.9. The highest BCUT2D eigenvalue weighted by Gasteiger charge is 2.46. The first-order chi connectivity index (χ1) is 16.0. The molecular weight excluding hydrogens is 446 g/mol. The Kier molecular flexibility index (Phi) is 6.30. The van der Waals surface area contributed by atoms with Gasteiger partial charge in [0.2, 0.25) is 5.79 Å². The Hall–Kier alpha value is -2.21. The molecular formula is C23H27N3O6S. The summed E-state index contributed by atoms with van der Waals surface area (Å²) >= 11 is -1.35. The molecule has 0 amide bonds. The van der Waals surface area contributed by atoms with Crippen LogP contribution in [-0.4, -0.2) is 64.1 Å². The quantitative estimate of drug-likeness (QED) is 0.522. The predicted octanol–water partition coefficient (Wildman–Crippen LogP) is 2.85. The number of rotatable bonds is 7. The van der Waals surface area contributed by atoms with Crippen molar-refractivity contribution in [1.29, 1.82) is 0 Å². The number of para-hydroxylation sites is 2. The molecule has 1 unspecified atom stereocenters. The average Bonchev–Trinajstić information content (AvgIpc) is 3.46. The highest BCUT2D eigenvalue weighted by Crippen LogP contribution is 2.32. The second-order valence-corrected chi connectivity index (χ2v) is 9.71. The third-order valence-electron chi connectivity index (χ3n) is 5.93. The summed E-state index contributed by atoms with van der Waals surface area (Å²) in [6.45, 7) is 5.96. The van der Waals surface area contributed by atoms with Gasteiger partial charge in [-0.2, -0.15) is 4.98 Å². The molecule has 2 aliphatic rings. The van der Waals surface area contributed by atoms with Gasteiger partial charge in [0.1, 0.15) is 19.0 Å². The summed E-state index contributed by atoms with van der Waals surface area (Å²) in [4.78, 5) is 12.0. The molecule has 3 aromatic rings. The van der Waals surface area contributed by atoms with Gasteiger partial charge in [-0.05, 0) is 32.0 Å². The molecule has 5 rings (SSSR count). The van der Waals surface area contributed by atoms with Crippen molar-refractivity contribution in [2.24, 2.45) is 0 Å². The second kappa shape index (κ2) is 9.21. The molecule has 9 nitrogen and oxygen atoms in total. The Morgan fingerprint density at radius 3 is 2.64 bits per heavy atom. The van der Waals surface area contributed by atoms with E-state index in [1.807, 2.05) is 44.2 Å². The number of nitrogens with one attached hydrogen (secondary N) is 1. The summed E-state index contributed by atoms with van der Waals surface area (Å²) < 4.78 is 42.0. The van der Waals surface area contributed by atoms with Crippen LogP contribution < -0.4 is 4.74 Å². The number of fused-ring (bicyclic) bond motifs is 1. The van der Waals surface area contributed by atoms with E-state index in [1.165, 1.54) is 0 Å². The van der Waals surface area contributed by atoms with Crippen LogP contribution in [0.4, 0.5) is 0 Å². The number of imidazole rings is 1. The zero-order chi connectivity index (χ0) is 22.9. The van der Waals surface area contributed by atoms with Gasteiger partial charge in [0.25, 0.3) is 0 Å². The fourth-order valence-electron chi connectivity index (χ4n) is 3.85. The maximum absolute atomic E-state index is 12.9. The molecule has 10 heteroatoms. The number of aromatic amines is 1. The first kappa shape index (κ1) is 22.6. The topological polar surface area (TPSA) is 111 Å². The number of pyridine rings is 1. The summed E-state index contributed by atoms with van der Waals surface area (Å²) in [5.41, 5.74) is 3.21. The largest absolute Gasteiger partial charge is 0.609 e. The van der Waals surface area contributed by atoms with E-state index in [-0.39, 0.29) is 5.75 Å². The molecule has 176 valence electrons. The van der Waals surface area contributed by atoms with Crippen molar-refractivity contribution in [3.05, 3.63) is 47.8 Å². The van der Waals surface area contributed by atoms with Crippen molar-refractivity contribution >= 4 is 22.2 Å². The van der Waals surface area contributed by atoms with E-state index >= 15 is 0 Å². The smallest absolute Gasteiger partial charge is 0.322 e. The Balaban J connectivity index is 1.18.